The molecule has 1 aromatic carbocycles. The Morgan fingerprint density at radius 2 is 1.86 bits per heavy atom. The summed E-state index contributed by atoms with van der Waals surface area (Å²) >= 11 is 0. The van der Waals surface area contributed by atoms with E-state index in [1.807, 2.05) is 6.92 Å². The Morgan fingerprint density at radius 1 is 1.14 bits per heavy atom. The van der Waals surface area contributed by atoms with Crippen LogP contribution in [0.15, 0.2) is 18.2 Å². The topological polar surface area (TPSA) is 64.4 Å². The molecule has 0 fully saturated rings. The monoisotopic (exact) mass is 294 g/mol. The number of nitrogens with one attached hydrogen (secondary N) is 1. The van der Waals surface area contributed by atoms with Crippen LogP contribution in [0.5, 0.6) is 5.75 Å². The minimum Gasteiger partial charge on any atom is -0.487 e. The Kier molecular flexibility index (Phi) is 8.24. The van der Waals surface area contributed by atoms with E-state index in [1.165, 1.54) is 38.2 Å². The van der Waals surface area contributed by atoms with Crippen molar-refractivity contribution in [2.75, 3.05) is 18.5 Å². The van der Waals surface area contributed by atoms with Crippen molar-refractivity contribution < 1.29 is 9.66 Å². The Labute approximate surface area is 126 Å². The summed E-state index contributed by atoms with van der Waals surface area (Å²) in [6.07, 6.45) is 7.50. The lowest BCUT2D eigenvalue weighted by Crippen LogP contribution is -2.03. The number of rotatable bonds is 11. The molecule has 0 saturated heterocycles. The SMILES string of the molecule is CCCCCCCCNc1ccc([N+](=O)[O-])c(OCC)c1. The number of benzene rings is 1. The van der Waals surface area contributed by atoms with E-state index in [2.05, 4.69) is 12.2 Å². The number of ether oxygens (including phenoxy) is 1. The van der Waals surface area contributed by atoms with E-state index in [0.29, 0.717) is 12.4 Å². The van der Waals surface area contributed by atoms with Crippen LogP contribution < -0.4 is 10.1 Å². The average Bonchev–Trinajstić information content (AvgIpc) is 2.46. The second-order valence-electron chi connectivity index (χ2n) is 5.07. The summed E-state index contributed by atoms with van der Waals surface area (Å²) in [7, 11) is 0. The van der Waals surface area contributed by atoms with Gasteiger partial charge in [0.05, 0.1) is 11.5 Å². The van der Waals surface area contributed by atoms with E-state index < -0.39 is 4.92 Å². The lowest BCUT2D eigenvalue weighted by atomic mass is 10.1. The van der Waals surface area contributed by atoms with Gasteiger partial charge in [-0.05, 0) is 19.4 Å². The van der Waals surface area contributed by atoms with E-state index in [0.717, 1.165) is 18.7 Å². The fourth-order valence-corrected chi connectivity index (χ4v) is 2.18. The van der Waals surface area contributed by atoms with Crippen LogP contribution in [-0.4, -0.2) is 18.1 Å². The van der Waals surface area contributed by atoms with E-state index in [1.54, 1.807) is 12.1 Å². The normalized spacial score (nSPS) is 10.4. The maximum Gasteiger partial charge on any atom is 0.311 e. The Hall–Kier alpha value is -1.78. The van der Waals surface area contributed by atoms with Crippen LogP contribution in [0.1, 0.15) is 52.4 Å². The van der Waals surface area contributed by atoms with Gasteiger partial charge in [0.15, 0.2) is 5.75 Å². The van der Waals surface area contributed by atoms with Crippen LogP contribution >= 0.6 is 0 Å². The van der Waals surface area contributed by atoms with Crippen molar-refractivity contribution in [3.05, 3.63) is 28.3 Å². The molecule has 5 heteroatoms. The molecule has 0 aliphatic rings. The summed E-state index contributed by atoms with van der Waals surface area (Å²) in [5.74, 6) is 0.329. The van der Waals surface area contributed by atoms with Gasteiger partial charge in [0, 0.05) is 24.4 Å². The summed E-state index contributed by atoms with van der Waals surface area (Å²) in [6.45, 7) is 5.34. The second-order valence-corrected chi connectivity index (χ2v) is 5.07. The first-order chi connectivity index (χ1) is 10.2. The molecule has 0 spiro atoms. The maximum absolute atomic E-state index is 10.9. The van der Waals surface area contributed by atoms with Gasteiger partial charge in [-0.2, -0.15) is 0 Å². The maximum atomic E-state index is 10.9. The molecule has 0 saturated carbocycles. The molecule has 1 rings (SSSR count). The number of nitro groups is 1. The smallest absolute Gasteiger partial charge is 0.311 e. The van der Waals surface area contributed by atoms with Gasteiger partial charge in [0.25, 0.3) is 0 Å². The van der Waals surface area contributed by atoms with Crippen LogP contribution in [0.2, 0.25) is 0 Å². The van der Waals surface area contributed by atoms with Gasteiger partial charge in [-0.3, -0.25) is 10.1 Å². The molecule has 1 N–H and O–H groups in total. The van der Waals surface area contributed by atoms with Gasteiger partial charge in [0.2, 0.25) is 0 Å². The number of anilines is 1. The molecular formula is C16H26N2O3. The molecule has 0 aliphatic heterocycles. The van der Waals surface area contributed by atoms with Crippen molar-refractivity contribution in [3.63, 3.8) is 0 Å². The number of hydrogen-bond acceptors (Lipinski definition) is 4. The van der Waals surface area contributed by atoms with Crippen LogP contribution in [0.3, 0.4) is 0 Å². The summed E-state index contributed by atoms with van der Waals surface area (Å²) in [5.41, 5.74) is 0.888. The number of unbranched alkanes of at least 4 members (excludes halogenated alkanes) is 5. The zero-order valence-corrected chi connectivity index (χ0v) is 13.1. The average molecular weight is 294 g/mol. The third-order valence-electron chi connectivity index (χ3n) is 3.32. The first-order valence-corrected chi connectivity index (χ1v) is 7.84. The molecule has 0 radical (unpaired) electrons. The number of nitro benzene ring substituents is 1. The van der Waals surface area contributed by atoms with Crippen molar-refractivity contribution in [3.8, 4) is 5.75 Å². The quantitative estimate of drug-likeness (QED) is 0.363. The van der Waals surface area contributed by atoms with E-state index in [9.17, 15) is 10.1 Å². The Balaban J connectivity index is 2.41. The molecule has 118 valence electrons. The standard InChI is InChI=1S/C16H26N2O3/c1-3-5-6-7-8-9-12-17-14-10-11-15(18(19)20)16(13-14)21-4-2/h10-11,13,17H,3-9,12H2,1-2H3. The van der Waals surface area contributed by atoms with Crippen molar-refractivity contribution in [2.24, 2.45) is 0 Å². The molecular weight excluding hydrogens is 268 g/mol. The summed E-state index contributed by atoms with van der Waals surface area (Å²) in [6, 6.07) is 4.94. The molecule has 0 bridgehead atoms. The first-order valence-electron chi connectivity index (χ1n) is 7.84. The fourth-order valence-electron chi connectivity index (χ4n) is 2.18. The van der Waals surface area contributed by atoms with Gasteiger partial charge in [-0.1, -0.05) is 39.0 Å². The van der Waals surface area contributed by atoms with Crippen molar-refractivity contribution in [1.29, 1.82) is 0 Å². The Morgan fingerprint density at radius 3 is 2.52 bits per heavy atom. The highest BCUT2D eigenvalue weighted by Gasteiger charge is 2.14. The summed E-state index contributed by atoms with van der Waals surface area (Å²) < 4.78 is 5.33. The van der Waals surface area contributed by atoms with Gasteiger partial charge in [-0.25, -0.2) is 0 Å². The number of hydrogen-bond donors (Lipinski definition) is 1. The van der Waals surface area contributed by atoms with Gasteiger partial charge >= 0.3 is 5.69 Å². The zero-order chi connectivity index (χ0) is 15.5. The van der Waals surface area contributed by atoms with Crippen LogP contribution in [-0.2, 0) is 0 Å². The lowest BCUT2D eigenvalue weighted by molar-refractivity contribution is -0.385. The molecule has 0 atom stereocenters. The second kappa shape index (κ2) is 10.0. The van der Waals surface area contributed by atoms with Crippen LogP contribution in [0.4, 0.5) is 11.4 Å². The predicted molar refractivity (Wildman–Crippen MR) is 86.1 cm³/mol. The Bertz CT molecular complexity index is 436. The van der Waals surface area contributed by atoms with Crippen molar-refractivity contribution in [1.82, 2.24) is 0 Å². The summed E-state index contributed by atoms with van der Waals surface area (Å²) in [5, 5.41) is 14.2. The van der Waals surface area contributed by atoms with Gasteiger partial charge < -0.3 is 10.1 Å². The van der Waals surface area contributed by atoms with Gasteiger partial charge in [0.1, 0.15) is 0 Å². The van der Waals surface area contributed by atoms with Crippen LogP contribution in [0.25, 0.3) is 0 Å². The number of nitrogens with zero attached hydrogens (tertiary/aromatic N) is 1. The highest BCUT2D eigenvalue weighted by atomic mass is 16.6. The predicted octanol–water partition coefficient (Wildman–Crippen LogP) is 4.77. The molecule has 0 unspecified atom stereocenters. The molecule has 21 heavy (non-hydrogen) atoms. The van der Waals surface area contributed by atoms with E-state index >= 15 is 0 Å². The minimum absolute atomic E-state index is 0.0157. The summed E-state index contributed by atoms with van der Waals surface area (Å²) in [4.78, 5) is 10.5. The fraction of sp³-hybridized carbons (Fsp3) is 0.625. The highest BCUT2D eigenvalue weighted by molar-refractivity contribution is 5.57. The molecule has 1 aromatic rings. The highest BCUT2D eigenvalue weighted by Crippen LogP contribution is 2.30. The first kappa shape index (κ1) is 17.3. The third kappa shape index (κ3) is 6.47. The lowest BCUT2D eigenvalue weighted by Gasteiger charge is -2.09. The molecule has 0 heterocycles. The third-order valence-corrected chi connectivity index (χ3v) is 3.32. The molecule has 0 aliphatic carbocycles. The van der Waals surface area contributed by atoms with Crippen molar-refractivity contribution in [2.45, 2.75) is 52.4 Å². The van der Waals surface area contributed by atoms with Gasteiger partial charge in [-0.15, -0.1) is 0 Å². The largest absolute Gasteiger partial charge is 0.487 e. The van der Waals surface area contributed by atoms with E-state index in [4.69, 9.17) is 4.74 Å². The zero-order valence-electron chi connectivity index (χ0n) is 13.1. The minimum atomic E-state index is -0.414. The molecule has 0 amide bonds. The van der Waals surface area contributed by atoms with E-state index in [-0.39, 0.29) is 5.69 Å². The van der Waals surface area contributed by atoms with Crippen LogP contribution in [0, 0.1) is 10.1 Å². The molecule has 0 aromatic heterocycles. The van der Waals surface area contributed by atoms with Crippen molar-refractivity contribution >= 4 is 11.4 Å². The molecule has 5 nitrogen and oxygen atoms in total.